The number of nitrogens with zero attached hydrogens (tertiary/aromatic N) is 2. The SMILES string of the molecule is COc1ccc2nc(NC(=O)c3sc(CC(C)C)nc3C)sc2c1. The second kappa shape index (κ2) is 6.86. The highest BCUT2D eigenvalue weighted by Gasteiger charge is 2.17. The molecule has 126 valence electrons. The van der Waals surface area contributed by atoms with Crippen molar-refractivity contribution in [2.24, 2.45) is 5.92 Å². The third-order valence-corrected chi connectivity index (χ3v) is 5.56. The van der Waals surface area contributed by atoms with Gasteiger partial charge in [0.05, 0.1) is 28.0 Å². The molecule has 2 heterocycles. The number of rotatable bonds is 5. The van der Waals surface area contributed by atoms with E-state index in [0.717, 1.165) is 33.1 Å². The van der Waals surface area contributed by atoms with Crippen molar-refractivity contribution < 1.29 is 9.53 Å². The number of thiazole rings is 2. The Hall–Kier alpha value is -1.99. The molecule has 0 unspecified atom stereocenters. The molecule has 0 bridgehead atoms. The third kappa shape index (κ3) is 3.57. The summed E-state index contributed by atoms with van der Waals surface area (Å²) in [6, 6.07) is 5.67. The fourth-order valence-electron chi connectivity index (χ4n) is 2.34. The van der Waals surface area contributed by atoms with E-state index in [0.29, 0.717) is 15.9 Å². The average molecular weight is 361 g/mol. The quantitative estimate of drug-likeness (QED) is 0.725. The average Bonchev–Trinajstić information content (AvgIpc) is 3.08. The number of ether oxygens (including phenoxy) is 1. The second-order valence-corrected chi connectivity index (χ2v) is 8.04. The molecule has 0 saturated carbocycles. The molecule has 3 aromatic rings. The Labute approximate surface area is 148 Å². The summed E-state index contributed by atoms with van der Waals surface area (Å²) in [7, 11) is 1.63. The lowest BCUT2D eigenvalue weighted by atomic mass is 10.1. The summed E-state index contributed by atoms with van der Waals surface area (Å²) in [5, 5.41) is 4.48. The van der Waals surface area contributed by atoms with Crippen LogP contribution in [0.5, 0.6) is 5.75 Å². The van der Waals surface area contributed by atoms with E-state index in [4.69, 9.17) is 4.74 Å². The van der Waals surface area contributed by atoms with Gasteiger partial charge in [0.15, 0.2) is 5.13 Å². The van der Waals surface area contributed by atoms with E-state index in [-0.39, 0.29) is 5.91 Å². The molecule has 3 rings (SSSR count). The van der Waals surface area contributed by atoms with Crippen LogP contribution < -0.4 is 10.1 Å². The lowest BCUT2D eigenvalue weighted by molar-refractivity contribution is 0.103. The smallest absolute Gasteiger partial charge is 0.269 e. The summed E-state index contributed by atoms with van der Waals surface area (Å²) in [5.41, 5.74) is 1.62. The molecule has 0 saturated heterocycles. The van der Waals surface area contributed by atoms with Crippen molar-refractivity contribution in [3.63, 3.8) is 0 Å². The van der Waals surface area contributed by atoms with Crippen LogP contribution in [-0.4, -0.2) is 23.0 Å². The van der Waals surface area contributed by atoms with Crippen LogP contribution in [0.3, 0.4) is 0 Å². The van der Waals surface area contributed by atoms with Crippen molar-refractivity contribution in [3.8, 4) is 5.75 Å². The summed E-state index contributed by atoms with van der Waals surface area (Å²) in [6.45, 7) is 6.16. The Bertz CT molecular complexity index is 883. The number of amides is 1. The van der Waals surface area contributed by atoms with Gasteiger partial charge in [0, 0.05) is 6.42 Å². The van der Waals surface area contributed by atoms with Crippen molar-refractivity contribution >= 4 is 43.9 Å². The standard InChI is InChI=1S/C17H19N3O2S2/c1-9(2)7-14-18-10(3)15(24-14)16(21)20-17-19-12-6-5-11(22-4)8-13(12)23-17/h5-6,8-9H,7H2,1-4H3,(H,19,20,21). The molecule has 24 heavy (non-hydrogen) atoms. The minimum atomic E-state index is -0.147. The van der Waals surface area contributed by atoms with Crippen LogP contribution in [-0.2, 0) is 6.42 Å². The van der Waals surface area contributed by atoms with Crippen LogP contribution in [0.1, 0.15) is 34.2 Å². The van der Waals surface area contributed by atoms with E-state index < -0.39 is 0 Å². The number of nitrogens with one attached hydrogen (secondary N) is 1. The highest BCUT2D eigenvalue weighted by molar-refractivity contribution is 7.22. The van der Waals surface area contributed by atoms with Crippen molar-refractivity contribution in [3.05, 3.63) is 33.8 Å². The zero-order valence-corrected chi connectivity index (χ0v) is 15.7. The highest BCUT2D eigenvalue weighted by atomic mass is 32.1. The van der Waals surface area contributed by atoms with Gasteiger partial charge in [0.25, 0.3) is 5.91 Å². The van der Waals surface area contributed by atoms with Crippen LogP contribution >= 0.6 is 22.7 Å². The Kier molecular flexibility index (Phi) is 4.82. The number of hydrogen-bond donors (Lipinski definition) is 1. The van der Waals surface area contributed by atoms with E-state index in [9.17, 15) is 4.79 Å². The molecule has 5 nitrogen and oxygen atoms in total. The van der Waals surface area contributed by atoms with Crippen LogP contribution in [0.25, 0.3) is 10.2 Å². The summed E-state index contributed by atoms with van der Waals surface area (Å²) >= 11 is 2.90. The van der Waals surface area contributed by atoms with Gasteiger partial charge < -0.3 is 4.74 Å². The number of aromatic nitrogens is 2. The van der Waals surface area contributed by atoms with Gasteiger partial charge >= 0.3 is 0 Å². The fourth-order valence-corrected chi connectivity index (χ4v) is 4.40. The first kappa shape index (κ1) is 16.9. The van der Waals surface area contributed by atoms with Gasteiger partial charge in [0.1, 0.15) is 10.6 Å². The zero-order chi connectivity index (χ0) is 17.3. The van der Waals surface area contributed by atoms with E-state index in [1.54, 1.807) is 7.11 Å². The maximum Gasteiger partial charge on any atom is 0.269 e. The lowest BCUT2D eigenvalue weighted by Crippen LogP contribution is -2.11. The predicted molar refractivity (Wildman–Crippen MR) is 99.5 cm³/mol. The number of methoxy groups -OCH3 is 1. The molecule has 0 atom stereocenters. The molecule has 1 amide bonds. The minimum Gasteiger partial charge on any atom is -0.497 e. The fraction of sp³-hybridized carbons (Fsp3) is 0.353. The molecule has 1 aromatic carbocycles. The molecule has 0 aliphatic carbocycles. The Morgan fingerprint density at radius 1 is 1.29 bits per heavy atom. The normalized spacial score (nSPS) is 11.2. The van der Waals surface area contributed by atoms with Crippen molar-refractivity contribution in [1.29, 1.82) is 0 Å². The van der Waals surface area contributed by atoms with E-state index in [1.807, 2.05) is 25.1 Å². The monoisotopic (exact) mass is 361 g/mol. The van der Waals surface area contributed by atoms with Gasteiger partial charge in [-0.1, -0.05) is 25.2 Å². The van der Waals surface area contributed by atoms with Gasteiger partial charge in [-0.25, -0.2) is 9.97 Å². The Morgan fingerprint density at radius 3 is 2.79 bits per heavy atom. The summed E-state index contributed by atoms with van der Waals surface area (Å²) in [5.74, 6) is 1.15. The predicted octanol–water partition coefficient (Wildman–Crippen LogP) is 4.52. The first-order valence-corrected chi connectivity index (χ1v) is 9.31. The second-order valence-electron chi connectivity index (χ2n) is 5.93. The van der Waals surface area contributed by atoms with Crippen molar-refractivity contribution in [2.75, 3.05) is 12.4 Å². The molecule has 0 aliphatic heterocycles. The molecule has 0 fully saturated rings. The Balaban J connectivity index is 1.80. The highest BCUT2D eigenvalue weighted by Crippen LogP contribution is 2.30. The maximum absolute atomic E-state index is 12.5. The number of anilines is 1. The van der Waals surface area contributed by atoms with Crippen LogP contribution in [0.15, 0.2) is 18.2 Å². The number of benzene rings is 1. The number of fused-ring (bicyclic) bond motifs is 1. The summed E-state index contributed by atoms with van der Waals surface area (Å²) in [6.07, 6.45) is 0.889. The number of carbonyl (C=O) groups is 1. The van der Waals surface area contributed by atoms with Crippen molar-refractivity contribution in [2.45, 2.75) is 27.2 Å². The Morgan fingerprint density at radius 2 is 2.08 bits per heavy atom. The van der Waals surface area contributed by atoms with Gasteiger partial charge in [0.2, 0.25) is 0 Å². The van der Waals surface area contributed by atoms with Gasteiger partial charge in [-0.3, -0.25) is 10.1 Å². The first-order valence-electron chi connectivity index (χ1n) is 7.68. The van der Waals surface area contributed by atoms with Gasteiger partial charge in [-0.2, -0.15) is 0 Å². The number of aryl methyl sites for hydroxylation is 1. The molecule has 2 aromatic heterocycles. The number of carbonyl (C=O) groups excluding carboxylic acids is 1. The molecular formula is C17H19N3O2S2. The summed E-state index contributed by atoms with van der Waals surface area (Å²) in [4.78, 5) is 22.1. The molecule has 0 aliphatic rings. The third-order valence-electron chi connectivity index (χ3n) is 3.45. The topological polar surface area (TPSA) is 64.1 Å². The molecule has 1 N–H and O–H groups in total. The van der Waals surface area contributed by atoms with Crippen LogP contribution in [0.4, 0.5) is 5.13 Å². The minimum absolute atomic E-state index is 0.147. The van der Waals surface area contributed by atoms with E-state index in [2.05, 4.69) is 29.1 Å². The number of hydrogen-bond acceptors (Lipinski definition) is 6. The maximum atomic E-state index is 12.5. The first-order chi connectivity index (χ1) is 11.5. The van der Waals surface area contributed by atoms with E-state index in [1.165, 1.54) is 22.7 Å². The molecule has 7 heteroatoms. The van der Waals surface area contributed by atoms with E-state index >= 15 is 0 Å². The lowest BCUT2D eigenvalue weighted by Gasteiger charge is -1.99. The molecule has 0 spiro atoms. The molecule has 0 radical (unpaired) electrons. The van der Waals surface area contributed by atoms with Crippen molar-refractivity contribution in [1.82, 2.24) is 9.97 Å². The zero-order valence-electron chi connectivity index (χ0n) is 14.0. The largest absolute Gasteiger partial charge is 0.497 e. The van der Waals surface area contributed by atoms with Crippen LogP contribution in [0.2, 0.25) is 0 Å². The summed E-state index contributed by atoms with van der Waals surface area (Å²) < 4.78 is 6.19. The van der Waals surface area contributed by atoms with Gasteiger partial charge in [-0.05, 0) is 31.0 Å². The molecular weight excluding hydrogens is 342 g/mol. The van der Waals surface area contributed by atoms with Crippen LogP contribution in [0, 0.1) is 12.8 Å². The van der Waals surface area contributed by atoms with Gasteiger partial charge in [-0.15, -0.1) is 11.3 Å².